The Labute approximate surface area is 142 Å². The number of Topliss-reactive ketones (excluding diaryl/α,β-unsaturated/α-hetero) is 1. The van der Waals surface area contributed by atoms with Gasteiger partial charge in [-0.1, -0.05) is 6.07 Å². The summed E-state index contributed by atoms with van der Waals surface area (Å²) in [6.45, 7) is 8.30. The van der Waals surface area contributed by atoms with Gasteiger partial charge in [-0.25, -0.2) is 4.79 Å². The highest BCUT2D eigenvalue weighted by Gasteiger charge is 2.30. The van der Waals surface area contributed by atoms with Gasteiger partial charge in [-0.2, -0.15) is 0 Å². The predicted molar refractivity (Wildman–Crippen MR) is 92.1 cm³/mol. The number of ether oxygens (including phenoxy) is 1. The lowest BCUT2D eigenvalue weighted by Gasteiger charge is -2.25. The number of hydrogen-bond donors (Lipinski definition) is 0. The number of likely N-dealkylation sites (N-methyl/N-ethyl adjacent to an activating group) is 1. The van der Waals surface area contributed by atoms with Crippen LogP contribution in [0.15, 0.2) is 17.5 Å². The van der Waals surface area contributed by atoms with Gasteiger partial charge >= 0.3 is 6.09 Å². The molecule has 1 atom stereocenters. The summed E-state index contributed by atoms with van der Waals surface area (Å²) in [7, 11) is 1.96. The molecule has 0 N–H and O–H groups in total. The molecular weight excluding hydrogens is 312 g/mol. The van der Waals surface area contributed by atoms with Gasteiger partial charge in [0.15, 0.2) is 5.78 Å². The maximum Gasteiger partial charge on any atom is 0.410 e. The second kappa shape index (κ2) is 7.45. The fourth-order valence-electron chi connectivity index (χ4n) is 2.74. The molecule has 6 heteroatoms. The van der Waals surface area contributed by atoms with Gasteiger partial charge in [0.25, 0.3) is 0 Å². The SMILES string of the molecule is CN(CC(=O)c1cccs1)CC1CCN(C(=O)OC(C)(C)C)C1. The Hall–Kier alpha value is -1.40. The highest BCUT2D eigenvalue weighted by atomic mass is 32.1. The summed E-state index contributed by atoms with van der Waals surface area (Å²) in [5, 5.41) is 1.92. The van der Waals surface area contributed by atoms with Gasteiger partial charge in [-0.05, 0) is 51.6 Å². The van der Waals surface area contributed by atoms with Crippen molar-refractivity contribution in [2.75, 3.05) is 33.2 Å². The van der Waals surface area contributed by atoms with Crippen molar-refractivity contribution >= 4 is 23.2 Å². The molecule has 1 amide bonds. The van der Waals surface area contributed by atoms with E-state index in [0.717, 1.165) is 24.4 Å². The summed E-state index contributed by atoms with van der Waals surface area (Å²) >= 11 is 1.48. The number of thiophene rings is 1. The first kappa shape index (κ1) is 17.9. The van der Waals surface area contributed by atoms with Gasteiger partial charge in [0, 0.05) is 19.6 Å². The normalized spacial score (nSPS) is 18.5. The molecule has 0 aromatic carbocycles. The minimum atomic E-state index is -0.459. The van der Waals surface area contributed by atoms with E-state index in [4.69, 9.17) is 4.74 Å². The number of nitrogens with zero attached hydrogens (tertiary/aromatic N) is 2. The summed E-state index contributed by atoms with van der Waals surface area (Å²) in [6.07, 6.45) is 0.717. The third-order valence-electron chi connectivity index (χ3n) is 3.72. The van der Waals surface area contributed by atoms with Crippen molar-refractivity contribution in [2.24, 2.45) is 5.92 Å². The lowest BCUT2D eigenvalue weighted by Crippen LogP contribution is -2.36. The first-order valence-electron chi connectivity index (χ1n) is 7.98. The van der Waals surface area contributed by atoms with E-state index in [9.17, 15) is 9.59 Å². The molecule has 0 radical (unpaired) electrons. The van der Waals surface area contributed by atoms with E-state index in [1.54, 1.807) is 4.90 Å². The van der Waals surface area contributed by atoms with Crippen LogP contribution in [-0.4, -0.2) is 60.5 Å². The van der Waals surface area contributed by atoms with E-state index in [-0.39, 0.29) is 11.9 Å². The summed E-state index contributed by atoms with van der Waals surface area (Å²) in [5.41, 5.74) is -0.459. The molecule has 0 bridgehead atoms. The molecule has 1 unspecified atom stereocenters. The lowest BCUT2D eigenvalue weighted by molar-refractivity contribution is 0.0285. The zero-order valence-electron chi connectivity index (χ0n) is 14.4. The van der Waals surface area contributed by atoms with Crippen LogP contribution in [0.25, 0.3) is 0 Å². The first-order valence-corrected chi connectivity index (χ1v) is 8.86. The molecule has 23 heavy (non-hydrogen) atoms. The quantitative estimate of drug-likeness (QED) is 0.774. The fourth-order valence-corrected chi connectivity index (χ4v) is 3.40. The van der Waals surface area contributed by atoms with Crippen LogP contribution < -0.4 is 0 Å². The number of amides is 1. The van der Waals surface area contributed by atoms with Crippen LogP contribution in [0.1, 0.15) is 36.9 Å². The van der Waals surface area contributed by atoms with Gasteiger partial charge in [0.1, 0.15) is 5.60 Å². The van der Waals surface area contributed by atoms with Gasteiger partial charge in [0.2, 0.25) is 0 Å². The Morgan fingerprint density at radius 1 is 1.43 bits per heavy atom. The van der Waals surface area contributed by atoms with Crippen molar-refractivity contribution in [3.05, 3.63) is 22.4 Å². The molecule has 2 rings (SSSR count). The molecule has 1 aliphatic heterocycles. The average Bonchev–Trinajstić information content (AvgIpc) is 3.07. The lowest BCUT2D eigenvalue weighted by atomic mass is 10.1. The Morgan fingerprint density at radius 3 is 2.78 bits per heavy atom. The zero-order chi connectivity index (χ0) is 17.0. The molecule has 0 spiro atoms. The zero-order valence-corrected chi connectivity index (χ0v) is 15.2. The van der Waals surface area contributed by atoms with Crippen LogP contribution in [0.3, 0.4) is 0 Å². The third kappa shape index (κ3) is 5.62. The van der Waals surface area contributed by atoms with E-state index in [1.165, 1.54) is 11.3 Å². The molecule has 0 aliphatic carbocycles. The second-order valence-corrected chi connectivity index (χ2v) is 8.13. The van der Waals surface area contributed by atoms with E-state index < -0.39 is 5.60 Å². The van der Waals surface area contributed by atoms with Crippen molar-refractivity contribution in [1.82, 2.24) is 9.80 Å². The molecule has 2 heterocycles. The molecule has 1 aliphatic rings. The molecular formula is C17H26N2O3S. The largest absolute Gasteiger partial charge is 0.444 e. The number of hydrogen-bond acceptors (Lipinski definition) is 5. The smallest absolute Gasteiger partial charge is 0.410 e. The Balaban J connectivity index is 1.76. The molecule has 1 fully saturated rings. The number of carbonyl (C=O) groups excluding carboxylic acids is 2. The van der Waals surface area contributed by atoms with Crippen LogP contribution in [0.4, 0.5) is 4.79 Å². The highest BCUT2D eigenvalue weighted by Crippen LogP contribution is 2.20. The Bertz CT molecular complexity index is 537. The summed E-state index contributed by atoms with van der Waals surface area (Å²) in [5.74, 6) is 0.549. The molecule has 0 saturated carbocycles. The van der Waals surface area contributed by atoms with Gasteiger partial charge in [0.05, 0.1) is 11.4 Å². The maximum atomic E-state index is 12.1. The first-order chi connectivity index (χ1) is 10.7. The summed E-state index contributed by atoms with van der Waals surface area (Å²) < 4.78 is 5.41. The van der Waals surface area contributed by atoms with Crippen molar-refractivity contribution in [3.8, 4) is 0 Å². The van der Waals surface area contributed by atoms with E-state index in [1.807, 2.05) is 50.2 Å². The third-order valence-corrected chi connectivity index (χ3v) is 4.63. The molecule has 128 valence electrons. The molecule has 1 saturated heterocycles. The van der Waals surface area contributed by atoms with Crippen molar-refractivity contribution in [1.29, 1.82) is 0 Å². The van der Waals surface area contributed by atoms with Gasteiger partial charge in [-0.15, -0.1) is 11.3 Å². The summed E-state index contributed by atoms with van der Waals surface area (Å²) in [6, 6.07) is 3.76. The number of likely N-dealkylation sites (tertiary alicyclic amines) is 1. The second-order valence-electron chi connectivity index (χ2n) is 7.18. The average molecular weight is 338 g/mol. The maximum absolute atomic E-state index is 12.1. The van der Waals surface area contributed by atoms with Crippen LogP contribution >= 0.6 is 11.3 Å². The monoisotopic (exact) mass is 338 g/mol. The minimum absolute atomic E-state index is 0.157. The number of ketones is 1. The number of rotatable bonds is 5. The predicted octanol–water partition coefficient (Wildman–Crippen LogP) is 3.12. The van der Waals surface area contributed by atoms with Gasteiger partial charge < -0.3 is 9.64 Å². The Morgan fingerprint density at radius 2 is 2.17 bits per heavy atom. The standard InChI is InChI=1S/C17H26N2O3S/c1-17(2,3)22-16(21)19-8-7-13(11-19)10-18(4)12-14(20)15-6-5-9-23-15/h5-6,9,13H,7-8,10-12H2,1-4H3. The Kier molecular flexibility index (Phi) is 5.81. The van der Waals surface area contributed by atoms with Gasteiger partial charge in [-0.3, -0.25) is 9.69 Å². The molecule has 5 nitrogen and oxygen atoms in total. The molecule has 1 aromatic heterocycles. The van der Waals surface area contributed by atoms with Crippen molar-refractivity contribution in [2.45, 2.75) is 32.8 Å². The van der Waals surface area contributed by atoms with Crippen molar-refractivity contribution < 1.29 is 14.3 Å². The van der Waals surface area contributed by atoms with Crippen molar-refractivity contribution in [3.63, 3.8) is 0 Å². The fraction of sp³-hybridized carbons (Fsp3) is 0.647. The van der Waals surface area contributed by atoms with E-state index in [2.05, 4.69) is 0 Å². The van der Waals surface area contributed by atoms with Crippen LogP contribution in [-0.2, 0) is 4.74 Å². The topological polar surface area (TPSA) is 49.9 Å². The van der Waals surface area contributed by atoms with E-state index in [0.29, 0.717) is 19.0 Å². The minimum Gasteiger partial charge on any atom is -0.444 e. The van der Waals surface area contributed by atoms with Crippen LogP contribution in [0.2, 0.25) is 0 Å². The van der Waals surface area contributed by atoms with Crippen LogP contribution in [0, 0.1) is 5.92 Å². The summed E-state index contributed by atoms with van der Waals surface area (Å²) in [4.78, 5) is 28.8. The number of carbonyl (C=O) groups is 2. The van der Waals surface area contributed by atoms with Crippen LogP contribution in [0.5, 0.6) is 0 Å². The molecule has 1 aromatic rings. The highest BCUT2D eigenvalue weighted by molar-refractivity contribution is 7.12. The van der Waals surface area contributed by atoms with E-state index >= 15 is 0 Å².